The first-order valence-corrected chi connectivity index (χ1v) is 11.5. The SMILES string of the molecule is CCCCC(CC)COC1=CCC(CC(O)CCC2CC=CS2)CC1. The highest BCUT2D eigenvalue weighted by Crippen LogP contribution is 2.31. The predicted octanol–water partition coefficient (Wildman–Crippen LogP) is 6.45. The van der Waals surface area contributed by atoms with Crippen molar-refractivity contribution in [2.75, 3.05) is 6.61 Å². The van der Waals surface area contributed by atoms with Gasteiger partial charge in [0.1, 0.15) is 0 Å². The van der Waals surface area contributed by atoms with E-state index < -0.39 is 0 Å². The normalized spacial score (nSPS) is 25.6. The Bertz CT molecular complexity index is 410. The number of hydrogen-bond acceptors (Lipinski definition) is 3. The molecule has 1 heterocycles. The summed E-state index contributed by atoms with van der Waals surface area (Å²) >= 11 is 1.93. The molecule has 0 aromatic carbocycles. The molecule has 0 radical (unpaired) electrons. The van der Waals surface area contributed by atoms with Gasteiger partial charge in [0.25, 0.3) is 0 Å². The van der Waals surface area contributed by atoms with Crippen molar-refractivity contribution >= 4 is 11.8 Å². The maximum absolute atomic E-state index is 10.3. The maximum atomic E-state index is 10.3. The Labute approximate surface area is 159 Å². The highest BCUT2D eigenvalue weighted by molar-refractivity contribution is 8.03. The highest BCUT2D eigenvalue weighted by atomic mass is 32.2. The Kier molecular flexibility index (Phi) is 10.1. The molecule has 0 fully saturated rings. The van der Waals surface area contributed by atoms with Crippen LogP contribution < -0.4 is 0 Å². The van der Waals surface area contributed by atoms with Gasteiger partial charge in [-0.2, -0.15) is 0 Å². The lowest BCUT2D eigenvalue weighted by Gasteiger charge is -2.25. The number of aliphatic hydroxyl groups excluding tert-OH is 1. The first kappa shape index (κ1) is 20.9. The molecule has 1 N–H and O–H groups in total. The molecule has 1 aliphatic heterocycles. The zero-order valence-electron chi connectivity index (χ0n) is 16.3. The van der Waals surface area contributed by atoms with Gasteiger partial charge in [0.15, 0.2) is 0 Å². The van der Waals surface area contributed by atoms with E-state index in [2.05, 4.69) is 31.4 Å². The topological polar surface area (TPSA) is 29.5 Å². The molecule has 0 amide bonds. The van der Waals surface area contributed by atoms with E-state index in [9.17, 15) is 5.11 Å². The average molecular weight is 367 g/mol. The van der Waals surface area contributed by atoms with Crippen LogP contribution in [0.4, 0.5) is 0 Å². The molecule has 4 atom stereocenters. The van der Waals surface area contributed by atoms with Gasteiger partial charge in [-0.3, -0.25) is 0 Å². The molecule has 144 valence electrons. The van der Waals surface area contributed by atoms with Crippen LogP contribution in [0.15, 0.2) is 23.3 Å². The van der Waals surface area contributed by atoms with E-state index >= 15 is 0 Å². The van der Waals surface area contributed by atoms with Crippen LogP contribution in [0, 0.1) is 11.8 Å². The monoisotopic (exact) mass is 366 g/mol. The lowest BCUT2D eigenvalue weighted by molar-refractivity contribution is 0.114. The van der Waals surface area contributed by atoms with E-state index in [1.807, 2.05) is 11.8 Å². The van der Waals surface area contributed by atoms with Gasteiger partial charge in [-0.15, -0.1) is 11.8 Å². The smallest absolute Gasteiger partial charge is 0.0920 e. The van der Waals surface area contributed by atoms with Crippen LogP contribution in [0.25, 0.3) is 0 Å². The number of aliphatic hydroxyl groups is 1. The fraction of sp³-hybridized carbons (Fsp3) is 0.818. The third kappa shape index (κ3) is 8.21. The van der Waals surface area contributed by atoms with Crippen LogP contribution in [0.3, 0.4) is 0 Å². The van der Waals surface area contributed by atoms with E-state index in [1.165, 1.54) is 44.3 Å². The predicted molar refractivity (Wildman–Crippen MR) is 110 cm³/mol. The van der Waals surface area contributed by atoms with Crippen LogP contribution >= 0.6 is 11.8 Å². The summed E-state index contributed by atoms with van der Waals surface area (Å²) in [6, 6.07) is 0. The van der Waals surface area contributed by atoms with Gasteiger partial charge < -0.3 is 9.84 Å². The van der Waals surface area contributed by atoms with E-state index in [1.54, 1.807) is 0 Å². The Balaban J connectivity index is 1.60. The number of allylic oxidation sites excluding steroid dienone is 3. The van der Waals surface area contributed by atoms with E-state index in [-0.39, 0.29) is 6.10 Å². The minimum Gasteiger partial charge on any atom is -0.498 e. The third-order valence-corrected chi connectivity index (χ3v) is 6.88. The third-order valence-electron chi connectivity index (χ3n) is 5.72. The van der Waals surface area contributed by atoms with Crippen molar-refractivity contribution in [3.05, 3.63) is 23.3 Å². The van der Waals surface area contributed by atoms with Gasteiger partial charge in [0.05, 0.1) is 18.5 Å². The maximum Gasteiger partial charge on any atom is 0.0920 e. The standard InChI is InChI=1S/C22H38O2S/c1-3-5-7-18(4-2)17-24-21-12-9-19(10-13-21)16-20(23)11-14-22-8-6-15-25-22/h6,12,15,18-20,22-23H,3-5,7-11,13-14,16-17H2,1-2H3. The lowest BCUT2D eigenvalue weighted by Crippen LogP contribution is -2.18. The molecular weight excluding hydrogens is 328 g/mol. The molecule has 4 unspecified atom stereocenters. The number of hydrogen-bond donors (Lipinski definition) is 1. The van der Waals surface area contributed by atoms with Crippen molar-refractivity contribution < 1.29 is 9.84 Å². The second-order valence-corrected chi connectivity index (χ2v) is 9.08. The Morgan fingerprint density at radius 3 is 2.80 bits per heavy atom. The Hall–Kier alpha value is -0.410. The van der Waals surface area contributed by atoms with Crippen molar-refractivity contribution in [1.82, 2.24) is 0 Å². The van der Waals surface area contributed by atoms with Gasteiger partial charge in [0.2, 0.25) is 0 Å². The molecule has 0 saturated carbocycles. The summed E-state index contributed by atoms with van der Waals surface area (Å²) in [5.41, 5.74) is 0. The van der Waals surface area contributed by atoms with Crippen molar-refractivity contribution in [1.29, 1.82) is 0 Å². The minimum atomic E-state index is -0.124. The Morgan fingerprint density at radius 1 is 1.28 bits per heavy atom. The molecule has 1 aliphatic carbocycles. The minimum absolute atomic E-state index is 0.124. The van der Waals surface area contributed by atoms with Crippen molar-refractivity contribution in [2.24, 2.45) is 11.8 Å². The summed E-state index contributed by atoms with van der Waals surface area (Å²) in [5.74, 6) is 2.55. The van der Waals surface area contributed by atoms with E-state index in [0.29, 0.717) is 17.1 Å². The first-order chi connectivity index (χ1) is 12.2. The van der Waals surface area contributed by atoms with Crippen molar-refractivity contribution in [2.45, 2.75) is 95.8 Å². The Morgan fingerprint density at radius 2 is 2.16 bits per heavy atom. The number of unbranched alkanes of at least 4 members (excludes halogenated alkanes) is 1. The second kappa shape index (κ2) is 12.1. The van der Waals surface area contributed by atoms with Gasteiger partial charge in [0, 0.05) is 11.7 Å². The zero-order valence-corrected chi connectivity index (χ0v) is 17.1. The number of rotatable bonds is 12. The fourth-order valence-electron chi connectivity index (χ4n) is 3.83. The molecule has 2 nitrogen and oxygen atoms in total. The van der Waals surface area contributed by atoms with Crippen LogP contribution in [0.2, 0.25) is 0 Å². The molecule has 0 bridgehead atoms. The van der Waals surface area contributed by atoms with Gasteiger partial charge in [-0.1, -0.05) is 39.2 Å². The van der Waals surface area contributed by atoms with Gasteiger partial charge in [-0.25, -0.2) is 0 Å². The van der Waals surface area contributed by atoms with Crippen LogP contribution in [-0.2, 0) is 4.74 Å². The van der Waals surface area contributed by atoms with Gasteiger partial charge in [-0.05, 0) is 68.3 Å². The highest BCUT2D eigenvalue weighted by Gasteiger charge is 2.20. The van der Waals surface area contributed by atoms with Crippen molar-refractivity contribution in [3.8, 4) is 0 Å². The summed E-state index contributed by atoms with van der Waals surface area (Å²) in [5, 5.41) is 13.2. The first-order valence-electron chi connectivity index (χ1n) is 10.5. The summed E-state index contributed by atoms with van der Waals surface area (Å²) in [6.45, 7) is 5.43. The summed E-state index contributed by atoms with van der Waals surface area (Å²) < 4.78 is 6.09. The molecule has 2 aliphatic rings. The quantitative estimate of drug-likeness (QED) is 0.430. The number of ether oxygens (including phenoxy) is 1. The second-order valence-electron chi connectivity index (χ2n) is 7.87. The average Bonchev–Trinajstić information content (AvgIpc) is 3.15. The van der Waals surface area contributed by atoms with E-state index in [4.69, 9.17) is 4.74 Å². The van der Waals surface area contributed by atoms with E-state index in [0.717, 1.165) is 38.7 Å². The zero-order chi connectivity index (χ0) is 17.9. The molecule has 3 heteroatoms. The van der Waals surface area contributed by atoms with Crippen LogP contribution in [0.5, 0.6) is 0 Å². The van der Waals surface area contributed by atoms with Crippen LogP contribution in [0.1, 0.15) is 84.5 Å². The number of thioether (sulfide) groups is 1. The molecule has 25 heavy (non-hydrogen) atoms. The molecule has 0 aromatic rings. The fourth-order valence-corrected chi connectivity index (χ4v) is 4.77. The molecular formula is C22H38O2S. The largest absolute Gasteiger partial charge is 0.498 e. The lowest BCUT2D eigenvalue weighted by atomic mass is 9.87. The summed E-state index contributed by atoms with van der Waals surface area (Å²) in [7, 11) is 0. The molecule has 2 rings (SSSR count). The molecule has 0 spiro atoms. The van der Waals surface area contributed by atoms with Crippen LogP contribution in [-0.4, -0.2) is 23.1 Å². The summed E-state index contributed by atoms with van der Waals surface area (Å²) in [4.78, 5) is 0. The van der Waals surface area contributed by atoms with Gasteiger partial charge >= 0.3 is 0 Å². The van der Waals surface area contributed by atoms with Crippen molar-refractivity contribution in [3.63, 3.8) is 0 Å². The summed E-state index contributed by atoms with van der Waals surface area (Å²) in [6.07, 6.45) is 17.1. The molecule has 0 saturated heterocycles. The molecule has 0 aromatic heterocycles.